The fraction of sp³-hybridized carbons (Fsp3) is 0.217. The van der Waals surface area contributed by atoms with Gasteiger partial charge in [0.1, 0.15) is 17.2 Å². The maximum atomic E-state index is 13.7. The third kappa shape index (κ3) is 5.79. The number of amides is 2. The summed E-state index contributed by atoms with van der Waals surface area (Å²) in [4.78, 5) is 36.2. The lowest BCUT2D eigenvalue weighted by atomic mass is 10.2. The van der Waals surface area contributed by atoms with E-state index in [2.05, 4.69) is 15.7 Å². The van der Waals surface area contributed by atoms with Gasteiger partial charge in [0.2, 0.25) is 5.91 Å². The molecule has 33 heavy (non-hydrogen) atoms. The van der Waals surface area contributed by atoms with Gasteiger partial charge in [-0.05, 0) is 44.2 Å². The van der Waals surface area contributed by atoms with E-state index in [1.807, 2.05) is 0 Å². The summed E-state index contributed by atoms with van der Waals surface area (Å²) in [5.74, 6) is -3.35. The average Bonchev–Trinajstić information content (AvgIpc) is 3.15. The first-order chi connectivity index (χ1) is 15.8. The van der Waals surface area contributed by atoms with Gasteiger partial charge in [-0.3, -0.25) is 9.59 Å². The van der Waals surface area contributed by atoms with Crippen LogP contribution in [0.4, 0.5) is 14.5 Å². The molecule has 0 fully saturated rings. The van der Waals surface area contributed by atoms with E-state index in [9.17, 15) is 23.2 Å². The Bertz CT molecular complexity index is 1190. The number of aromatic nitrogens is 2. The van der Waals surface area contributed by atoms with Crippen molar-refractivity contribution >= 4 is 23.5 Å². The quantitative estimate of drug-likeness (QED) is 0.506. The Hall–Kier alpha value is -4.08. The van der Waals surface area contributed by atoms with Crippen LogP contribution in [0.1, 0.15) is 39.8 Å². The van der Waals surface area contributed by atoms with Crippen molar-refractivity contribution in [3.05, 3.63) is 77.1 Å². The minimum atomic E-state index is -0.978. The lowest BCUT2D eigenvalue weighted by Crippen LogP contribution is -2.28. The molecule has 2 amide bonds. The number of halogens is 2. The van der Waals surface area contributed by atoms with E-state index in [-0.39, 0.29) is 31.0 Å². The molecule has 0 unspecified atom stereocenters. The van der Waals surface area contributed by atoms with Crippen LogP contribution >= 0.6 is 0 Å². The predicted octanol–water partition coefficient (Wildman–Crippen LogP) is 3.39. The summed E-state index contributed by atoms with van der Waals surface area (Å²) >= 11 is 0. The molecule has 2 aromatic carbocycles. The molecule has 0 bridgehead atoms. The van der Waals surface area contributed by atoms with E-state index in [0.717, 1.165) is 12.1 Å². The molecule has 3 rings (SSSR count). The Balaban J connectivity index is 1.59. The maximum absolute atomic E-state index is 13.7. The minimum absolute atomic E-state index is 0.0393. The Morgan fingerprint density at radius 1 is 1.09 bits per heavy atom. The van der Waals surface area contributed by atoms with Gasteiger partial charge in [0.15, 0.2) is 0 Å². The molecule has 8 nitrogen and oxygen atoms in total. The lowest BCUT2D eigenvalue weighted by molar-refractivity contribution is -0.116. The zero-order valence-electron chi connectivity index (χ0n) is 18.0. The van der Waals surface area contributed by atoms with Gasteiger partial charge < -0.3 is 15.4 Å². The molecule has 0 spiro atoms. The molecular formula is C23H22F2N4O4. The van der Waals surface area contributed by atoms with Crippen LogP contribution in [0.2, 0.25) is 0 Å². The van der Waals surface area contributed by atoms with E-state index in [0.29, 0.717) is 28.7 Å². The van der Waals surface area contributed by atoms with Gasteiger partial charge in [-0.1, -0.05) is 6.07 Å². The van der Waals surface area contributed by atoms with Gasteiger partial charge in [0, 0.05) is 24.7 Å². The number of anilines is 1. The molecule has 1 aromatic heterocycles. The van der Waals surface area contributed by atoms with E-state index < -0.39 is 23.5 Å². The molecule has 0 aliphatic rings. The SMILES string of the molecule is CCOC(=O)c1cnn(-c2cccc(NC(=O)CCNC(=O)c3ccc(F)cc3F)c2)c1C. The summed E-state index contributed by atoms with van der Waals surface area (Å²) < 4.78 is 33.2. The standard InChI is InChI=1S/C23H22F2N4O4/c1-3-33-23(32)19-13-27-29(14(19)2)17-6-4-5-16(12-17)28-21(30)9-10-26-22(31)18-8-7-15(24)11-20(18)25/h4-8,11-13H,3,9-10H2,1-2H3,(H,26,31)(H,28,30). The Morgan fingerprint density at radius 2 is 1.88 bits per heavy atom. The minimum Gasteiger partial charge on any atom is -0.462 e. The van der Waals surface area contributed by atoms with Crippen molar-refractivity contribution in [1.29, 1.82) is 0 Å². The topological polar surface area (TPSA) is 102 Å². The van der Waals surface area contributed by atoms with E-state index in [1.165, 1.54) is 6.20 Å². The zero-order valence-corrected chi connectivity index (χ0v) is 18.0. The first-order valence-corrected chi connectivity index (χ1v) is 10.2. The number of hydrogen-bond acceptors (Lipinski definition) is 5. The normalized spacial score (nSPS) is 10.5. The van der Waals surface area contributed by atoms with Crippen molar-refractivity contribution < 1.29 is 27.9 Å². The van der Waals surface area contributed by atoms with Gasteiger partial charge in [-0.2, -0.15) is 5.10 Å². The highest BCUT2D eigenvalue weighted by Gasteiger charge is 2.16. The van der Waals surface area contributed by atoms with Crippen LogP contribution in [0, 0.1) is 18.6 Å². The van der Waals surface area contributed by atoms with Crippen molar-refractivity contribution in [1.82, 2.24) is 15.1 Å². The molecule has 0 radical (unpaired) electrons. The number of carbonyl (C=O) groups is 3. The molecule has 1 heterocycles. The number of nitrogens with one attached hydrogen (secondary N) is 2. The summed E-state index contributed by atoms with van der Waals surface area (Å²) in [5, 5.41) is 9.35. The maximum Gasteiger partial charge on any atom is 0.341 e. The second-order valence-electron chi connectivity index (χ2n) is 7.00. The predicted molar refractivity (Wildman–Crippen MR) is 116 cm³/mol. The van der Waals surface area contributed by atoms with E-state index in [1.54, 1.807) is 42.8 Å². The molecular weight excluding hydrogens is 434 g/mol. The second-order valence-corrected chi connectivity index (χ2v) is 7.00. The third-order valence-corrected chi connectivity index (χ3v) is 4.69. The summed E-state index contributed by atoms with van der Waals surface area (Å²) in [5.41, 5.74) is 1.75. The molecule has 0 aliphatic heterocycles. The molecule has 0 saturated carbocycles. The number of carbonyl (C=O) groups excluding carboxylic acids is 3. The van der Waals surface area contributed by atoms with Gasteiger partial charge in [0.25, 0.3) is 5.91 Å². The van der Waals surface area contributed by atoms with Crippen LogP contribution in [0.5, 0.6) is 0 Å². The monoisotopic (exact) mass is 456 g/mol. The molecule has 3 aromatic rings. The van der Waals surface area contributed by atoms with Crippen LogP contribution < -0.4 is 10.6 Å². The Morgan fingerprint density at radius 3 is 2.61 bits per heavy atom. The van der Waals surface area contributed by atoms with Crippen molar-refractivity contribution in [3.8, 4) is 5.69 Å². The highest BCUT2D eigenvalue weighted by Crippen LogP contribution is 2.19. The molecule has 0 aliphatic carbocycles. The van der Waals surface area contributed by atoms with Crippen LogP contribution in [0.3, 0.4) is 0 Å². The Kier molecular flexibility index (Phi) is 7.50. The van der Waals surface area contributed by atoms with Crippen molar-refractivity contribution in [2.45, 2.75) is 20.3 Å². The number of benzene rings is 2. The summed E-state index contributed by atoms with van der Waals surface area (Å²) in [7, 11) is 0. The van der Waals surface area contributed by atoms with E-state index >= 15 is 0 Å². The number of esters is 1. The number of hydrogen-bond donors (Lipinski definition) is 2. The van der Waals surface area contributed by atoms with Gasteiger partial charge in [0.05, 0.1) is 29.7 Å². The van der Waals surface area contributed by atoms with E-state index in [4.69, 9.17) is 4.74 Å². The van der Waals surface area contributed by atoms with Gasteiger partial charge in [-0.25, -0.2) is 18.3 Å². The first kappa shape index (κ1) is 23.6. The molecule has 2 N–H and O–H groups in total. The summed E-state index contributed by atoms with van der Waals surface area (Å²) in [6, 6.07) is 9.48. The van der Waals surface area contributed by atoms with Gasteiger partial charge >= 0.3 is 5.97 Å². The first-order valence-electron chi connectivity index (χ1n) is 10.2. The highest BCUT2D eigenvalue weighted by molar-refractivity contribution is 5.95. The fourth-order valence-corrected chi connectivity index (χ4v) is 3.08. The van der Waals surface area contributed by atoms with Crippen LogP contribution in [0.15, 0.2) is 48.7 Å². The lowest BCUT2D eigenvalue weighted by Gasteiger charge is -2.10. The molecule has 172 valence electrons. The summed E-state index contributed by atoms with van der Waals surface area (Å²) in [6.07, 6.45) is 1.36. The largest absolute Gasteiger partial charge is 0.462 e. The smallest absolute Gasteiger partial charge is 0.341 e. The Labute approximate surface area is 188 Å². The van der Waals surface area contributed by atoms with Gasteiger partial charge in [-0.15, -0.1) is 0 Å². The van der Waals surface area contributed by atoms with Crippen LogP contribution in [-0.4, -0.2) is 40.7 Å². The second kappa shape index (κ2) is 10.5. The van der Waals surface area contributed by atoms with Crippen molar-refractivity contribution in [3.63, 3.8) is 0 Å². The molecule has 10 heteroatoms. The number of rotatable bonds is 8. The van der Waals surface area contributed by atoms with Crippen LogP contribution in [-0.2, 0) is 9.53 Å². The third-order valence-electron chi connectivity index (χ3n) is 4.69. The van der Waals surface area contributed by atoms with Crippen LogP contribution in [0.25, 0.3) is 5.69 Å². The number of ether oxygens (including phenoxy) is 1. The zero-order chi connectivity index (χ0) is 24.0. The van der Waals surface area contributed by atoms with Crippen molar-refractivity contribution in [2.75, 3.05) is 18.5 Å². The van der Waals surface area contributed by atoms with Crippen molar-refractivity contribution in [2.24, 2.45) is 0 Å². The summed E-state index contributed by atoms with van der Waals surface area (Å²) in [6.45, 7) is 3.67. The number of nitrogens with zero attached hydrogens (tertiary/aromatic N) is 2. The average molecular weight is 456 g/mol. The fourth-order valence-electron chi connectivity index (χ4n) is 3.08. The molecule has 0 saturated heterocycles. The highest BCUT2D eigenvalue weighted by atomic mass is 19.1. The molecule has 0 atom stereocenters.